The van der Waals surface area contributed by atoms with Gasteiger partial charge < -0.3 is 5.32 Å². The van der Waals surface area contributed by atoms with Gasteiger partial charge in [0, 0.05) is 13.1 Å². The predicted molar refractivity (Wildman–Crippen MR) is 55.7 cm³/mol. The van der Waals surface area contributed by atoms with Crippen molar-refractivity contribution in [2.75, 3.05) is 5.32 Å². The Morgan fingerprint density at radius 2 is 2.33 bits per heavy atom. The Balaban J connectivity index is 2.18. The molecule has 1 aromatic rings. The van der Waals surface area contributed by atoms with Crippen LogP contribution in [-0.2, 0) is 7.05 Å². The maximum atomic E-state index is 10.7. The lowest BCUT2D eigenvalue weighted by Gasteiger charge is -2.03. The van der Waals surface area contributed by atoms with Crippen molar-refractivity contribution in [2.45, 2.75) is 26.3 Å². The zero-order valence-corrected chi connectivity index (χ0v) is 9.02. The van der Waals surface area contributed by atoms with Gasteiger partial charge in [-0.1, -0.05) is 13.8 Å². The Morgan fingerprint density at radius 1 is 1.73 bits per heavy atom. The summed E-state index contributed by atoms with van der Waals surface area (Å²) in [5, 5.41) is 17.9. The van der Waals surface area contributed by atoms with Gasteiger partial charge in [0.05, 0.1) is 4.92 Å². The Hall–Kier alpha value is -1.59. The molecule has 15 heavy (non-hydrogen) atoms. The number of aryl methyl sites for hydroxylation is 1. The van der Waals surface area contributed by atoms with Crippen molar-refractivity contribution in [3.05, 3.63) is 16.3 Å². The molecule has 1 aromatic heterocycles. The topological polar surface area (TPSA) is 73.0 Å². The van der Waals surface area contributed by atoms with Crippen LogP contribution in [0.5, 0.6) is 0 Å². The summed E-state index contributed by atoms with van der Waals surface area (Å²) in [6, 6.07) is 0.297. The Labute approximate surface area is 87.4 Å². The minimum atomic E-state index is -0.412. The second-order valence-electron chi connectivity index (χ2n) is 4.68. The monoisotopic (exact) mass is 210 g/mol. The number of rotatable bonds is 3. The highest BCUT2D eigenvalue weighted by Crippen LogP contribution is 2.47. The van der Waals surface area contributed by atoms with Gasteiger partial charge in [-0.25, -0.2) is 0 Å². The van der Waals surface area contributed by atoms with Crippen LogP contribution in [-0.4, -0.2) is 20.7 Å². The van der Waals surface area contributed by atoms with E-state index in [1.54, 1.807) is 7.05 Å². The van der Waals surface area contributed by atoms with Crippen LogP contribution in [0.15, 0.2) is 6.20 Å². The van der Waals surface area contributed by atoms with E-state index in [2.05, 4.69) is 24.3 Å². The van der Waals surface area contributed by atoms with Crippen molar-refractivity contribution in [3.8, 4) is 0 Å². The van der Waals surface area contributed by atoms with Crippen LogP contribution in [0.4, 0.5) is 11.5 Å². The molecule has 0 bridgehead atoms. The number of nitro groups is 1. The molecule has 0 aromatic carbocycles. The predicted octanol–water partition coefficient (Wildman–Crippen LogP) is 1.54. The highest BCUT2D eigenvalue weighted by Gasteiger charge is 2.46. The Kier molecular flexibility index (Phi) is 1.95. The molecule has 0 radical (unpaired) electrons. The highest BCUT2D eigenvalue weighted by atomic mass is 16.6. The van der Waals surface area contributed by atoms with Crippen LogP contribution < -0.4 is 5.32 Å². The minimum Gasteiger partial charge on any atom is -0.360 e. The summed E-state index contributed by atoms with van der Waals surface area (Å²) in [6.07, 6.45) is 2.44. The van der Waals surface area contributed by atoms with E-state index in [0.29, 0.717) is 11.9 Å². The molecule has 0 amide bonds. The molecule has 1 atom stereocenters. The summed E-state index contributed by atoms with van der Waals surface area (Å²) in [6.45, 7) is 4.25. The Morgan fingerprint density at radius 3 is 2.80 bits per heavy atom. The second kappa shape index (κ2) is 2.95. The molecule has 1 saturated carbocycles. The van der Waals surface area contributed by atoms with Crippen molar-refractivity contribution in [1.82, 2.24) is 9.78 Å². The van der Waals surface area contributed by atoms with Gasteiger partial charge >= 0.3 is 5.69 Å². The summed E-state index contributed by atoms with van der Waals surface area (Å²) in [5.41, 5.74) is 0.269. The molecule has 6 nitrogen and oxygen atoms in total. The van der Waals surface area contributed by atoms with Crippen molar-refractivity contribution < 1.29 is 4.92 Å². The summed E-state index contributed by atoms with van der Waals surface area (Å²) in [5.74, 6) is 0.373. The molecule has 1 fully saturated rings. The summed E-state index contributed by atoms with van der Waals surface area (Å²) in [4.78, 5) is 10.3. The van der Waals surface area contributed by atoms with Crippen LogP contribution in [0.25, 0.3) is 0 Å². The molecule has 0 spiro atoms. The van der Waals surface area contributed by atoms with Crippen molar-refractivity contribution >= 4 is 11.5 Å². The van der Waals surface area contributed by atoms with E-state index in [0.717, 1.165) is 6.42 Å². The zero-order chi connectivity index (χ0) is 11.2. The molecular weight excluding hydrogens is 196 g/mol. The van der Waals surface area contributed by atoms with Gasteiger partial charge in [0.25, 0.3) is 0 Å². The molecule has 1 heterocycles. The third kappa shape index (κ3) is 1.79. The maximum Gasteiger partial charge on any atom is 0.330 e. The molecule has 0 saturated heterocycles. The lowest BCUT2D eigenvalue weighted by atomic mass is 10.2. The van der Waals surface area contributed by atoms with Gasteiger partial charge in [-0.15, -0.1) is 5.10 Å². The SMILES string of the molecule is Cn1cc([N+](=O)[O-])c(NC2CC2(C)C)n1. The molecule has 0 aliphatic heterocycles. The molecule has 6 heteroatoms. The van der Waals surface area contributed by atoms with Gasteiger partial charge in [-0.2, -0.15) is 0 Å². The van der Waals surface area contributed by atoms with E-state index in [4.69, 9.17) is 0 Å². The van der Waals surface area contributed by atoms with E-state index in [1.165, 1.54) is 10.9 Å². The van der Waals surface area contributed by atoms with Crippen LogP contribution >= 0.6 is 0 Å². The smallest absolute Gasteiger partial charge is 0.330 e. The number of hydrogen-bond donors (Lipinski definition) is 1. The number of nitrogens with one attached hydrogen (secondary N) is 1. The third-order valence-corrected chi connectivity index (χ3v) is 2.83. The molecule has 1 aliphatic carbocycles. The molecular formula is C9H14N4O2. The second-order valence-corrected chi connectivity index (χ2v) is 4.68. The standard InChI is InChI=1S/C9H14N4O2/c1-9(2)4-7(9)10-8-6(13(14)15)5-12(3)11-8/h5,7H,4H2,1-3H3,(H,10,11). The number of nitrogens with zero attached hydrogens (tertiary/aromatic N) is 3. The first-order chi connectivity index (χ1) is 6.90. The Bertz CT molecular complexity index is 410. The van der Waals surface area contributed by atoms with E-state index in [-0.39, 0.29) is 11.1 Å². The fourth-order valence-corrected chi connectivity index (χ4v) is 1.59. The molecule has 1 N–H and O–H groups in total. The lowest BCUT2D eigenvalue weighted by molar-refractivity contribution is -0.384. The first-order valence-electron chi connectivity index (χ1n) is 4.85. The van der Waals surface area contributed by atoms with Crippen LogP contribution in [0.1, 0.15) is 20.3 Å². The average Bonchev–Trinajstić information content (AvgIpc) is 2.55. The van der Waals surface area contributed by atoms with Crippen molar-refractivity contribution in [3.63, 3.8) is 0 Å². The number of hydrogen-bond acceptors (Lipinski definition) is 4. The molecule has 2 rings (SSSR count). The van der Waals surface area contributed by atoms with E-state index >= 15 is 0 Å². The van der Waals surface area contributed by atoms with Gasteiger partial charge in [0.15, 0.2) is 0 Å². The normalized spacial score (nSPS) is 22.5. The van der Waals surface area contributed by atoms with Crippen LogP contribution in [0.3, 0.4) is 0 Å². The average molecular weight is 210 g/mol. The largest absolute Gasteiger partial charge is 0.360 e. The first kappa shape index (κ1) is 9.95. The first-order valence-corrected chi connectivity index (χ1v) is 4.85. The van der Waals surface area contributed by atoms with Crippen molar-refractivity contribution in [2.24, 2.45) is 12.5 Å². The molecule has 1 unspecified atom stereocenters. The van der Waals surface area contributed by atoms with Crippen molar-refractivity contribution in [1.29, 1.82) is 0 Å². The quantitative estimate of drug-likeness (QED) is 0.606. The van der Waals surface area contributed by atoms with Gasteiger partial charge in [0.1, 0.15) is 6.20 Å². The van der Waals surface area contributed by atoms with Crippen LogP contribution in [0, 0.1) is 15.5 Å². The van der Waals surface area contributed by atoms with Gasteiger partial charge in [-0.05, 0) is 11.8 Å². The number of anilines is 1. The van der Waals surface area contributed by atoms with E-state index in [1.807, 2.05) is 0 Å². The molecule has 1 aliphatic rings. The fraction of sp³-hybridized carbons (Fsp3) is 0.667. The van der Waals surface area contributed by atoms with E-state index < -0.39 is 4.92 Å². The van der Waals surface area contributed by atoms with E-state index in [9.17, 15) is 10.1 Å². The fourth-order valence-electron chi connectivity index (χ4n) is 1.59. The van der Waals surface area contributed by atoms with Gasteiger partial charge in [-0.3, -0.25) is 14.8 Å². The molecule has 82 valence electrons. The third-order valence-electron chi connectivity index (χ3n) is 2.83. The van der Waals surface area contributed by atoms with Crippen LogP contribution in [0.2, 0.25) is 0 Å². The summed E-state index contributed by atoms with van der Waals surface area (Å²) in [7, 11) is 1.68. The lowest BCUT2D eigenvalue weighted by Crippen LogP contribution is -2.10. The minimum absolute atomic E-state index is 0.0419. The zero-order valence-electron chi connectivity index (χ0n) is 9.02. The van der Waals surface area contributed by atoms with Gasteiger partial charge in [0.2, 0.25) is 5.82 Å². The highest BCUT2D eigenvalue weighted by molar-refractivity contribution is 5.56. The summed E-state index contributed by atoms with van der Waals surface area (Å²) < 4.78 is 1.45. The maximum absolute atomic E-state index is 10.7. The number of aromatic nitrogens is 2. The summed E-state index contributed by atoms with van der Waals surface area (Å²) >= 11 is 0.